The molecular formula is C14H20N2. The molecule has 1 aromatic rings. The van der Waals surface area contributed by atoms with Crippen molar-refractivity contribution >= 4 is 0 Å². The molecule has 0 amide bonds. The van der Waals surface area contributed by atoms with Gasteiger partial charge in [0.15, 0.2) is 0 Å². The highest BCUT2D eigenvalue weighted by Gasteiger charge is 2.20. The predicted molar refractivity (Wildman–Crippen MR) is 66.6 cm³/mol. The number of benzene rings is 1. The molecule has 0 atom stereocenters. The van der Waals surface area contributed by atoms with Crippen LogP contribution in [0.15, 0.2) is 18.2 Å². The fourth-order valence-corrected chi connectivity index (χ4v) is 2.54. The second-order valence-corrected chi connectivity index (χ2v) is 4.96. The Labute approximate surface area is 97.4 Å². The monoisotopic (exact) mass is 216 g/mol. The quantitative estimate of drug-likeness (QED) is 0.799. The van der Waals surface area contributed by atoms with Gasteiger partial charge in [-0.15, -0.1) is 0 Å². The van der Waals surface area contributed by atoms with Crippen LogP contribution in [0.4, 0.5) is 0 Å². The largest absolute Gasteiger partial charge is 0.314 e. The van der Waals surface area contributed by atoms with Crippen LogP contribution in [-0.2, 0) is 19.4 Å². The minimum Gasteiger partial charge on any atom is -0.314 e. The highest BCUT2D eigenvalue weighted by molar-refractivity contribution is 5.37. The summed E-state index contributed by atoms with van der Waals surface area (Å²) in [5.41, 5.74) is 4.68. The van der Waals surface area contributed by atoms with Gasteiger partial charge < -0.3 is 10.6 Å². The van der Waals surface area contributed by atoms with Crippen LogP contribution in [0.3, 0.4) is 0 Å². The normalized spacial score (nSPS) is 19.5. The van der Waals surface area contributed by atoms with E-state index in [0.29, 0.717) is 0 Å². The van der Waals surface area contributed by atoms with Crippen LogP contribution in [0.1, 0.15) is 29.5 Å². The lowest BCUT2D eigenvalue weighted by Crippen LogP contribution is -2.26. The first-order valence-electron chi connectivity index (χ1n) is 6.47. The van der Waals surface area contributed by atoms with E-state index < -0.39 is 0 Å². The maximum atomic E-state index is 3.60. The first-order valence-corrected chi connectivity index (χ1v) is 6.47. The van der Waals surface area contributed by atoms with Crippen molar-refractivity contribution in [1.29, 1.82) is 0 Å². The van der Waals surface area contributed by atoms with Gasteiger partial charge in [-0.05, 0) is 55.5 Å². The summed E-state index contributed by atoms with van der Waals surface area (Å²) in [6, 6.07) is 7.61. The number of hydrogen-bond acceptors (Lipinski definition) is 2. The van der Waals surface area contributed by atoms with Gasteiger partial charge in [-0.2, -0.15) is 0 Å². The SMILES string of the molecule is c1cc(CCNC2CC2)c2c(c1)CNCC2. The summed E-state index contributed by atoms with van der Waals surface area (Å²) in [6.07, 6.45) is 5.17. The van der Waals surface area contributed by atoms with E-state index in [1.165, 1.54) is 31.2 Å². The molecule has 0 saturated heterocycles. The van der Waals surface area contributed by atoms with Crippen LogP contribution in [0.2, 0.25) is 0 Å². The lowest BCUT2D eigenvalue weighted by Gasteiger charge is -2.20. The van der Waals surface area contributed by atoms with E-state index in [-0.39, 0.29) is 0 Å². The molecule has 1 heterocycles. The number of nitrogens with one attached hydrogen (secondary N) is 2. The number of rotatable bonds is 4. The molecule has 16 heavy (non-hydrogen) atoms. The first kappa shape index (κ1) is 10.3. The minimum absolute atomic E-state index is 0.834. The van der Waals surface area contributed by atoms with Crippen molar-refractivity contribution in [2.45, 2.75) is 38.3 Å². The summed E-state index contributed by atoms with van der Waals surface area (Å²) >= 11 is 0. The van der Waals surface area contributed by atoms with Crippen molar-refractivity contribution in [2.75, 3.05) is 13.1 Å². The zero-order valence-electron chi connectivity index (χ0n) is 9.76. The molecule has 86 valence electrons. The maximum Gasteiger partial charge on any atom is 0.0208 e. The van der Waals surface area contributed by atoms with Gasteiger partial charge in [0.05, 0.1) is 0 Å². The molecule has 0 aromatic heterocycles. The van der Waals surface area contributed by atoms with Crippen molar-refractivity contribution in [2.24, 2.45) is 0 Å². The van der Waals surface area contributed by atoms with E-state index in [4.69, 9.17) is 0 Å². The Kier molecular flexibility index (Phi) is 2.94. The maximum absolute atomic E-state index is 3.60. The third-order valence-corrected chi connectivity index (χ3v) is 3.64. The average molecular weight is 216 g/mol. The lowest BCUT2D eigenvalue weighted by molar-refractivity contribution is 0.630. The van der Waals surface area contributed by atoms with Gasteiger partial charge >= 0.3 is 0 Å². The van der Waals surface area contributed by atoms with Crippen molar-refractivity contribution in [3.05, 3.63) is 34.9 Å². The highest BCUT2D eigenvalue weighted by atomic mass is 14.9. The van der Waals surface area contributed by atoms with Gasteiger partial charge in [0, 0.05) is 12.6 Å². The molecule has 1 fully saturated rings. The number of fused-ring (bicyclic) bond motifs is 1. The molecule has 1 aliphatic carbocycles. The summed E-state index contributed by atoms with van der Waals surface area (Å²) in [4.78, 5) is 0. The predicted octanol–water partition coefficient (Wildman–Crippen LogP) is 1.63. The van der Waals surface area contributed by atoms with Gasteiger partial charge in [0.2, 0.25) is 0 Å². The van der Waals surface area contributed by atoms with Crippen LogP contribution in [0.25, 0.3) is 0 Å². The first-order chi connectivity index (χ1) is 7.93. The van der Waals surface area contributed by atoms with Gasteiger partial charge in [0.25, 0.3) is 0 Å². The second kappa shape index (κ2) is 4.56. The fraction of sp³-hybridized carbons (Fsp3) is 0.571. The summed E-state index contributed by atoms with van der Waals surface area (Å²) < 4.78 is 0. The second-order valence-electron chi connectivity index (χ2n) is 4.96. The van der Waals surface area contributed by atoms with Crippen molar-refractivity contribution in [1.82, 2.24) is 10.6 Å². The molecule has 1 aliphatic heterocycles. The van der Waals surface area contributed by atoms with Gasteiger partial charge in [-0.1, -0.05) is 18.2 Å². The summed E-state index contributed by atoms with van der Waals surface area (Å²) in [5.74, 6) is 0. The lowest BCUT2D eigenvalue weighted by atomic mass is 9.94. The zero-order chi connectivity index (χ0) is 10.8. The summed E-state index contributed by atoms with van der Waals surface area (Å²) in [5, 5.41) is 7.03. The molecule has 0 bridgehead atoms. The Morgan fingerprint density at radius 3 is 3.12 bits per heavy atom. The Bertz CT molecular complexity index is 369. The molecule has 2 heteroatoms. The molecule has 2 aliphatic rings. The summed E-state index contributed by atoms with van der Waals surface area (Å²) in [7, 11) is 0. The molecule has 2 N–H and O–H groups in total. The smallest absolute Gasteiger partial charge is 0.0208 e. The Balaban J connectivity index is 1.67. The van der Waals surface area contributed by atoms with Crippen molar-refractivity contribution < 1.29 is 0 Å². The Morgan fingerprint density at radius 2 is 2.25 bits per heavy atom. The molecule has 3 rings (SSSR count). The molecule has 0 radical (unpaired) electrons. The topological polar surface area (TPSA) is 24.1 Å². The van der Waals surface area contributed by atoms with Crippen molar-refractivity contribution in [3.8, 4) is 0 Å². The standard InChI is InChI=1S/C14H20N2/c1-2-11(6-9-16-13-4-5-13)14-7-8-15-10-12(14)3-1/h1-3,13,15-16H,4-10H2. The zero-order valence-corrected chi connectivity index (χ0v) is 9.76. The molecule has 0 spiro atoms. The Hall–Kier alpha value is -0.860. The van der Waals surface area contributed by atoms with Crippen LogP contribution >= 0.6 is 0 Å². The molecular weight excluding hydrogens is 196 g/mol. The van der Waals surface area contributed by atoms with E-state index in [1.54, 1.807) is 11.1 Å². The summed E-state index contributed by atoms with van der Waals surface area (Å²) in [6.45, 7) is 3.34. The third-order valence-electron chi connectivity index (χ3n) is 3.64. The van der Waals surface area contributed by atoms with E-state index in [9.17, 15) is 0 Å². The van der Waals surface area contributed by atoms with Crippen molar-refractivity contribution in [3.63, 3.8) is 0 Å². The van der Waals surface area contributed by atoms with Gasteiger partial charge in [-0.25, -0.2) is 0 Å². The van der Waals surface area contributed by atoms with E-state index in [1.807, 2.05) is 0 Å². The highest BCUT2D eigenvalue weighted by Crippen LogP contribution is 2.20. The Morgan fingerprint density at radius 1 is 1.31 bits per heavy atom. The minimum atomic E-state index is 0.834. The average Bonchev–Trinajstić information content (AvgIpc) is 3.13. The van der Waals surface area contributed by atoms with Crippen LogP contribution < -0.4 is 10.6 Å². The molecule has 0 unspecified atom stereocenters. The van der Waals surface area contributed by atoms with Crippen LogP contribution in [0, 0.1) is 0 Å². The van der Waals surface area contributed by atoms with Crippen LogP contribution in [0.5, 0.6) is 0 Å². The van der Waals surface area contributed by atoms with E-state index in [2.05, 4.69) is 28.8 Å². The van der Waals surface area contributed by atoms with E-state index in [0.717, 1.165) is 25.7 Å². The molecule has 1 aromatic carbocycles. The third kappa shape index (κ3) is 2.28. The number of hydrogen-bond donors (Lipinski definition) is 2. The molecule has 2 nitrogen and oxygen atoms in total. The fourth-order valence-electron chi connectivity index (χ4n) is 2.54. The van der Waals surface area contributed by atoms with Gasteiger partial charge in [0.1, 0.15) is 0 Å². The molecule has 1 saturated carbocycles. The van der Waals surface area contributed by atoms with Crippen LogP contribution in [-0.4, -0.2) is 19.1 Å². The van der Waals surface area contributed by atoms with E-state index >= 15 is 0 Å². The van der Waals surface area contributed by atoms with Gasteiger partial charge in [-0.3, -0.25) is 0 Å².